The van der Waals surface area contributed by atoms with Crippen LogP contribution in [0.15, 0.2) is 67.3 Å². The van der Waals surface area contributed by atoms with E-state index in [0.29, 0.717) is 19.6 Å². The number of piperidine rings is 1. The van der Waals surface area contributed by atoms with Gasteiger partial charge < -0.3 is 9.47 Å². The topological polar surface area (TPSA) is 38.8 Å². The van der Waals surface area contributed by atoms with Crippen LogP contribution in [0.1, 0.15) is 36.8 Å². The Morgan fingerprint density at radius 2 is 1.76 bits per heavy atom. The molecule has 29 heavy (non-hydrogen) atoms. The predicted octanol–water partition coefficient (Wildman–Crippen LogP) is 4.78. The molecule has 0 aliphatic carbocycles. The van der Waals surface area contributed by atoms with E-state index in [0.717, 1.165) is 36.4 Å². The number of nitrogens with zero attached hydrogens (tertiary/aromatic N) is 1. The molecule has 0 saturated carbocycles. The SMILES string of the molecule is C=CCc1ccccc1OCC(CC(=O)OCc1ccccc1)N1CCCCC1. The Kier molecular flexibility index (Phi) is 8.32. The van der Waals surface area contributed by atoms with Crippen molar-refractivity contribution in [3.63, 3.8) is 0 Å². The molecule has 4 heteroatoms. The number of rotatable bonds is 10. The smallest absolute Gasteiger partial charge is 0.307 e. The van der Waals surface area contributed by atoms with Crippen LogP contribution >= 0.6 is 0 Å². The van der Waals surface area contributed by atoms with Crippen molar-refractivity contribution in [3.05, 3.63) is 78.4 Å². The molecular weight excluding hydrogens is 362 g/mol. The zero-order valence-electron chi connectivity index (χ0n) is 17.1. The summed E-state index contributed by atoms with van der Waals surface area (Å²) >= 11 is 0. The Morgan fingerprint density at radius 3 is 2.52 bits per heavy atom. The van der Waals surface area contributed by atoms with Gasteiger partial charge in [-0.1, -0.05) is 61.0 Å². The average Bonchev–Trinajstić information content (AvgIpc) is 2.77. The van der Waals surface area contributed by atoms with Gasteiger partial charge in [-0.2, -0.15) is 0 Å². The molecule has 1 aliphatic heterocycles. The average molecular weight is 394 g/mol. The fourth-order valence-electron chi connectivity index (χ4n) is 3.72. The van der Waals surface area contributed by atoms with Gasteiger partial charge in [0.05, 0.1) is 12.5 Å². The number of para-hydroxylation sites is 1. The highest BCUT2D eigenvalue weighted by atomic mass is 16.5. The Bertz CT molecular complexity index is 769. The second-order valence-corrected chi connectivity index (χ2v) is 7.51. The number of carbonyl (C=O) groups is 1. The largest absolute Gasteiger partial charge is 0.492 e. The summed E-state index contributed by atoms with van der Waals surface area (Å²) in [5.74, 6) is 0.694. The maximum Gasteiger partial charge on any atom is 0.307 e. The molecule has 2 aromatic carbocycles. The number of carbonyl (C=O) groups excluding carboxylic acids is 1. The number of hydrogen-bond acceptors (Lipinski definition) is 4. The number of allylic oxidation sites excluding steroid dienone is 1. The summed E-state index contributed by atoms with van der Waals surface area (Å²) < 4.78 is 11.7. The van der Waals surface area contributed by atoms with E-state index in [-0.39, 0.29) is 12.0 Å². The van der Waals surface area contributed by atoms with Crippen molar-refractivity contribution < 1.29 is 14.3 Å². The van der Waals surface area contributed by atoms with Crippen LogP contribution in [0.5, 0.6) is 5.75 Å². The maximum atomic E-state index is 12.5. The van der Waals surface area contributed by atoms with E-state index >= 15 is 0 Å². The summed E-state index contributed by atoms with van der Waals surface area (Å²) in [4.78, 5) is 14.9. The molecule has 1 atom stereocenters. The quantitative estimate of drug-likeness (QED) is 0.430. The van der Waals surface area contributed by atoms with Gasteiger partial charge in [-0.3, -0.25) is 9.69 Å². The zero-order chi connectivity index (χ0) is 20.3. The fourth-order valence-corrected chi connectivity index (χ4v) is 3.72. The molecule has 0 amide bonds. The van der Waals surface area contributed by atoms with E-state index < -0.39 is 0 Å². The highest BCUT2D eigenvalue weighted by Crippen LogP contribution is 2.21. The van der Waals surface area contributed by atoms with Crippen LogP contribution < -0.4 is 4.74 Å². The first-order valence-electron chi connectivity index (χ1n) is 10.5. The monoisotopic (exact) mass is 393 g/mol. The van der Waals surface area contributed by atoms with Crippen LogP contribution in [0, 0.1) is 0 Å². The van der Waals surface area contributed by atoms with Gasteiger partial charge in [-0.05, 0) is 49.5 Å². The molecule has 1 fully saturated rings. The maximum absolute atomic E-state index is 12.5. The molecule has 0 aromatic heterocycles. The van der Waals surface area contributed by atoms with Gasteiger partial charge in [-0.15, -0.1) is 6.58 Å². The number of esters is 1. The van der Waals surface area contributed by atoms with Gasteiger partial charge in [0.15, 0.2) is 0 Å². The lowest BCUT2D eigenvalue weighted by molar-refractivity contribution is -0.146. The van der Waals surface area contributed by atoms with Gasteiger partial charge in [0, 0.05) is 0 Å². The van der Waals surface area contributed by atoms with Crippen LogP contribution in [0.4, 0.5) is 0 Å². The van der Waals surface area contributed by atoms with E-state index in [9.17, 15) is 4.79 Å². The molecule has 3 rings (SSSR count). The molecule has 1 saturated heterocycles. The van der Waals surface area contributed by atoms with E-state index in [1.54, 1.807) is 0 Å². The molecular formula is C25H31NO3. The van der Waals surface area contributed by atoms with Crippen LogP contribution in [0.3, 0.4) is 0 Å². The van der Waals surface area contributed by atoms with Crippen molar-refractivity contribution >= 4 is 5.97 Å². The van der Waals surface area contributed by atoms with Crippen LogP contribution in [0.2, 0.25) is 0 Å². The van der Waals surface area contributed by atoms with Crippen molar-refractivity contribution in [1.29, 1.82) is 0 Å². The summed E-state index contributed by atoms with van der Waals surface area (Å²) in [6.45, 7) is 6.64. The van der Waals surface area contributed by atoms with Crippen molar-refractivity contribution in [2.24, 2.45) is 0 Å². The first-order valence-corrected chi connectivity index (χ1v) is 10.5. The van der Waals surface area contributed by atoms with Crippen molar-refractivity contribution in [2.45, 2.75) is 44.8 Å². The molecule has 1 unspecified atom stereocenters. The van der Waals surface area contributed by atoms with E-state index in [1.165, 1.54) is 19.3 Å². The normalized spacial score (nSPS) is 15.4. The summed E-state index contributed by atoms with van der Waals surface area (Å²) in [6, 6.07) is 17.9. The molecule has 2 aromatic rings. The standard InChI is InChI=1S/C25H31NO3/c1-2-11-22-14-7-8-15-24(22)28-20-23(26-16-9-4-10-17-26)18-25(27)29-19-21-12-5-3-6-13-21/h2-3,5-8,12-15,23H,1,4,9-11,16-20H2. The lowest BCUT2D eigenvalue weighted by atomic mass is 10.1. The van der Waals surface area contributed by atoms with Crippen LogP contribution in [-0.4, -0.2) is 36.6 Å². The first kappa shape index (κ1) is 21.1. The first-order chi connectivity index (χ1) is 14.3. The highest BCUT2D eigenvalue weighted by molar-refractivity contribution is 5.70. The lowest BCUT2D eigenvalue weighted by Gasteiger charge is -2.34. The van der Waals surface area contributed by atoms with Gasteiger partial charge in [-0.25, -0.2) is 0 Å². The minimum atomic E-state index is -0.174. The van der Waals surface area contributed by atoms with E-state index in [4.69, 9.17) is 9.47 Å². The van der Waals surface area contributed by atoms with Crippen LogP contribution in [0.25, 0.3) is 0 Å². The lowest BCUT2D eigenvalue weighted by Crippen LogP contribution is -2.44. The molecule has 0 spiro atoms. The third-order valence-electron chi connectivity index (χ3n) is 5.32. The Balaban J connectivity index is 1.60. The minimum absolute atomic E-state index is 0.0235. The van der Waals surface area contributed by atoms with E-state index in [1.807, 2.05) is 54.6 Å². The Hall–Kier alpha value is -2.59. The third kappa shape index (κ3) is 6.75. The molecule has 4 nitrogen and oxygen atoms in total. The fraction of sp³-hybridized carbons (Fsp3) is 0.400. The molecule has 154 valence electrons. The molecule has 1 aliphatic rings. The minimum Gasteiger partial charge on any atom is -0.492 e. The molecule has 0 bridgehead atoms. The predicted molar refractivity (Wildman–Crippen MR) is 116 cm³/mol. The summed E-state index contributed by atoms with van der Waals surface area (Å²) in [5, 5.41) is 0. The van der Waals surface area contributed by atoms with E-state index in [2.05, 4.69) is 17.5 Å². The highest BCUT2D eigenvalue weighted by Gasteiger charge is 2.25. The number of benzene rings is 2. The summed E-state index contributed by atoms with van der Waals surface area (Å²) in [7, 11) is 0. The molecule has 1 heterocycles. The number of likely N-dealkylation sites (tertiary alicyclic amines) is 1. The Labute approximate surface area is 174 Å². The summed E-state index contributed by atoms with van der Waals surface area (Å²) in [6.07, 6.45) is 6.58. The van der Waals surface area contributed by atoms with Gasteiger partial charge in [0.25, 0.3) is 0 Å². The summed E-state index contributed by atoms with van der Waals surface area (Å²) in [5.41, 5.74) is 2.12. The zero-order valence-corrected chi connectivity index (χ0v) is 17.1. The van der Waals surface area contributed by atoms with Crippen molar-refractivity contribution in [3.8, 4) is 5.75 Å². The number of ether oxygens (including phenoxy) is 2. The second kappa shape index (κ2) is 11.4. The third-order valence-corrected chi connectivity index (χ3v) is 5.32. The van der Waals surface area contributed by atoms with Gasteiger partial charge in [0.2, 0.25) is 0 Å². The van der Waals surface area contributed by atoms with Crippen molar-refractivity contribution in [1.82, 2.24) is 4.90 Å². The Morgan fingerprint density at radius 1 is 1.03 bits per heavy atom. The van der Waals surface area contributed by atoms with Crippen molar-refractivity contribution in [2.75, 3.05) is 19.7 Å². The number of hydrogen-bond donors (Lipinski definition) is 0. The molecule has 0 N–H and O–H groups in total. The van der Waals surface area contributed by atoms with Gasteiger partial charge >= 0.3 is 5.97 Å². The second-order valence-electron chi connectivity index (χ2n) is 7.51. The van der Waals surface area contributed by atoms with Gasteiger partial charge in [0.1, 0.15) is 19.0 Å². The van der Waals surface area contributed by atoms with Crippen LogP contribution in [-0.2, 0) is 22.6 Å². The molecule has 0 radical (unpaired) electrons.